The smallest absolute Gasteiger partial charge is 0.340 e. The fraction of sp³-hybridized carbons (Fsp3) is 0.261. The molecular formula is C23H22Cl2N4O6. The van der Waals surface area contributed by atoms with Crippen molar-refractivity contribution in [1.29, 1.82) is 0 Å². The Balaban J connectivity index is 2.53. The van der Waals surface area contributed by atoms with Gasteiger partial charge in [0.1, 0.15) is 6.10 Å². The first-order valence-corrected chi connectivity index (χ1v) is 11.0. The van der Waals surface area contributed by atoms with E-state index in [1.54, 1.807) is 32.0 Å². The summed E-state index contributed by atoms with van der Waals surface area (Å²) >= 11 is 12.8. The molecule has 1 atom stereocenters. The number of esters is 2. The zero-order chi connectivity index (χ0) is 25.9. The molecule has 184 valence electrons. The van der Waals surface area contributed by atoms with Gasteiger partial charge in [0.25, 0.3) is 5.56 Å². The van der Waals surface area contributed by atoms with Gasteiger partial charge in [-0.1, -0.05) is 35.3 Å². The highest BCUT2D eigenvalue weighted by atomic mass is 35.5. The van der Waals surface area contributed by atoms with Crippen LogP contribution in [-0.2, 0) is 14.2 Å². The van der Waals surface area contributed by atoms with Crippen molar-refractivity contribution < 1.29 is 23.8 Å². The van der Waals surface area contributed by atoms with Crippen LogP contribution in [0, 0.1) is 6.92 Å². The van der Waals surface area contributed by atoms with Crippen LogP contribution in [0.25, 0.3) is 11.1 Å². The standard InChI is InChI=1S/C23H22Cl2N4O6/c1-5-35-22(32)17-16(11-7-6-8-12(24)18(11)25)15(21(31)34-4)10(2)27-19(17)20(33-3)13-9-14(30)29-23(26)28-13/h6-9,20H,5H2,1-4H3,(H3,26,28,29,30). The van der Waals surface area contributed by atoms with Crippen LogP contribution in [0.2, 0.25) is 10.0 Å². The maximum absolute atomic E-state index is 13.4. The Kier molecular flexibility index (Phi) is 8.11. The number of carbonyl (C=O) groups excluding carboxylic acids is 2. The number of nitrogen functional groups attached to an aromatic ring is 1. The number of nitrogens with two attached hydrogens (primary N) is 1. The number of hydrogen-bond donors (Lipinski definition) is 2. The normalized spacial score (nSPS) is 11.7. The summed E-state index contributed by atoms with van der Waals surface area (Å²) in [6.07, 6.45) is -1.14. The van der Waals surface area contributed by atoms with Crippen molar-refractivity contribution in [3.63, 3.8) is 0 Å². The second kappa shape index (κ2) is 10.9. The Hall–Kier alpha value is -3.47. The molecule has 3 rings (SSSR count). The van der Waals surface area contributed by atoms with E-state index in [4.69, 9.17) is 43.1 Å². The van der Waals surface area contributed by atoms with Gasteiger partial charge in [0, 0.05) is 24.3 Å². The third-order valence-electron chi connectivity index (χ3n) is 5.03. The highest BCUT2D eigenvalue weighted by molar-refractivity contribution is 6.44. The van der Waals surface area contributed by atoms with Crippen LogP contribution < -0.4 is 11.3 Å². The number of anilines is 1. The van der Waals surface area contributed by atoms with Gasteiger partial charge >= 0.3 is 11.9 Å². The van der Waals surface area contributed by atoms with Crippen molar-refractivity contribution in [1.82, 2.24) is 15.0 Å². The third-order valence-corrected chi connectivity index (χ3v) is 5.85. The molecule has 1 unspecified atom stereocenters. The van der Waals surface area contributed by atoms with Gasteiger partial charge < -0.3 is 19.9 Å². The van der Waals surface area contributed by atoms with E-state index in [1.807, 2.05) is 0 Å². The van der Waals surface area contributed by atoms with E-state index >= 15 is 0 Å². The molecule has 0 bridgehead atoms. The number of pyridine rings is 1. The summed E-state index contributed by atoms with van der Waals surface area (Å²) < 4.78 is 15.9. The zero-order valence-corrected chi connectivity index (χ0v) is 20.8. The fourth-order valence-electron chi connectivity index (χ4n) is 3.65. The van der Waals surface area contributed by atoms with E-state index in [0.29, 0.717) is 0 Å². The van der Waals surface area contributed by atoms with Gasteiger partial charge in [-0.3, -0.25) is 14.8 Å². The average Bonchev–Trinajstić information content (AvgIpc) is 2.80. The zero-order valence-electron chi connectivity index (χ0n) is 19.3. The molecule has 0 saturated heterocycles. The monoisotopic (exact) mass is 520 g/mol. The Labute approximate surface area is 210 Å². The van der Waals surface area contributed by atoms with Crippen LogP contribution in [-0.4, -0.2) is 47.7 Å². The molecule has 2 heterocycles. The van der Waals surface area contributed by atoms with Gasteiger partial charge in [-0.2, -0.15) is 0 Å². The first kappa shape index (κ1) is 26.1. The summed E-state index contributed by atoms with van der Waals surface area (Å²) in [6.45, 7) is 3.20. The Morgan fingerprint density at radius 3 is 2.46 bits per heavy atom. The van der Waals surface area contributed by atoms with Crippen molar-refractivity contribution in [2.24, 2.45) is 0 Å². The van der Waals surface area contributed by atoms with E-state index in [2.05, 4.69) is 15.0 Å². The molecule has 0 spiro atoms. The molecule has 10 nitrogen and oxygen atoms in total. The summed E-state index contributed by atoms with van der Waals surface area (Å²) in [5, 5.41) is 0.284. The molecule has 0 radical (unpaired) electrons. The third kappa shape index (κ3) is 5.14. The number of hydrogen-bond acceptors (Lipinski definition) is 9. The molecule has 0 fully saturated rings. The molecule has 3 aromatic rings. The molecule has 12 heteroatoms. The Morgan fingerprint density at radius 1 is 1.14 bits per heavy atom. The number of rotatable bonds is 7. The summed E-state index contributed by atoms with van der Waals surface area (Å²) in [5.74, 6) is -1.73. The van der Waals surface area contributed by atoms with Gasteiger partial charge in [0.15, 0.2) is 0 Å². The molecule has 3 N–H and O–H groups in total. The van der Waals surface area contributed by atoms with Crippen molar-refractivity contribution >= 4 is 41.1 Å². The van der Waals surface area contributed by atoms with Crippen LogP contribution >= 0.6 is 23.2 Å². The minimum absolute atomic E-state index is 0.0169. The van der Waals surface area contributed by atoms with E-state index in [1.165, 1.54) is 14.2 Å². The van der Waals surface area contributed by atoms with Gasteiger partial charge in [0.2, 0.25) is 5.95 Å². The van der Waals surface area contributed by atoms with Crippen LogP contribution in [0.3, 0.4) is 0 Å². The molecule has 35 heavy (non-hydrogen) atoms. The molecule has 0 aliphatic carbocycles. The van der Waals surface area contributed by atoms with E-state index < -0.39 is 23.6 Å². The van der Waals surface area contributed by atoms with Crippen molar-refractivity contribution in [3.8, 4) is 11.1 Å². The first-order chi connectivity index (χ1) is 16.6. The molecule has 1 aromatic carbocycles. The van der Waals surface area contributed by atoms with Crippen molar-refractivity contribution in [2.45, 2.75) is 20.0 Å². The molecule has 0 amide bonds. The number of carbonyl (C=O) groups is 2. The van der Waals surface area contributed by atoms with Crippen molar-refractivity contribution in [2.75, 3.05) is 26.6 Å². The SMILES string of the molecule is CCOC(=O)c1c(C(OC)c2cc(=O)[nH]c(N)n2)nc(C)c(C(=O)OC)c1-c1cccc(Cl)c1Cl. The van der Waals surface area contributed by atoms with Crippen LogP contribution in [0.4, 0.5) is 5.95 Å². The van der Waals surface area contributed by atoms with Gasteiger partial charge in [-0.15, -0.1) is 0 Å². The highest BCUT2D eigenvalue weighted by Gasteiger charge is 2.34. The summed E-state index contributed by atoms with van der Waals surface area (Å²) in [6, 6.07) is 5.93. The average molecular weight is 521 g/mol. The molecule has 0 aliphatic rings. The fourth-order valence-corrected chi connectivity index (χ4v) is 4.04. The number of nitrogens with zero attached hydrogens (tertiary/aromatic N) is 2. The number of nitrogens with one attached hydrogen (secondary N) is 1. The lowest BCUT2D eigenvalue weighted by molar-refractivity contribution is 0.0516. The minimum Gasteiger partial charge on any atom is -0.465 e. The largest absolute Gasteiger partial charge is 0.465 e. The summed E-state index contributed by atoms with van der Waals surface area (Å²) in [5.41, 5.74) is 5.70. The molecular weight excluding hydrogens is 499 g/mol. The number of aromatic amines is 1. The lowest BCUT2D eigenvalue weighted by atomic mass is 9.90. The summed E-state index contributed by atoms with van der Waals surface area (Å²) in [4.78, 5) is 49.3. The lowest BCUT2D eigenvalue weighted by Gasteiger charge is -2.23. The second-order valence-corrected chi connectivity index (χ2v) is 7.98. The Bertz CT molecular complexity index is 1360. The maximum atomic E-state index is 13.4. The number of ether oxygens (including phenoxy) is 3. The first-order valence-electron chi connectivity index (χ1n) is 10.3. The van der Waals surface area contributed by atoms with E-state index in [0.717, 1.165) is 6.07 Å². The van der Waals surface area contributed by atoms with E-state index in [9.17, 15) is 14.4 Å². The number of halogens is 2. The van der Waals surface area contributed by atoms with Gasteiger partial charge in [-0.05, 0) is 19.9 Å². The Morgan fingerprint density at radius 2 is 1.86 bits per heavy atom. The van der Waals surface area contributed by atoms with Crippen LogP contribution in [0.5, 0.6) is 0 Å². The van der Waals surface area contributed by atoms with E-state index in [-0.39, 0.29) is 61.9 Å². The predicted molar refractivity (Wildman–Crippen MR) is 130 cm³/mol. The maximum Gasteiger partial charge on any atom is 0.340 e. The van der Waals surface area contributed by atoms with Crippen LogP contribution in [0.1, 0.15) is 50.8 Å². The quantitative estimate of drug-likeness (QED) is 0.444. The molecule has 0 aliphatic heterocycles. The predicted octanol–water partition coefficient (Wildman–Crippen LogP) is 3.73. The number of aromatic nitrogens is 3. The number of benzene rings is 1. The molecule has 2 aromatic heterocycles. The van der Waals surface area contributed by atoms with Crippen LogP contribution in [0.15, 0.2) is 29.1 Å². The highest BCUT2D eigenvalue weighted by Crippen LogP contribution is 2.41. The van der Waals surface area contributed by atoms with Crippen molar-refractivity contribution in [3.05, 3.63) is 72.9 Å². The lowest BCUT2D eigenvalue weighted by Crippen LogP contribution is -2.23. The molecule has 0 saturated carbocycles. The van der Waals surface area contributed by atoms with Gasteiger partial charge in [0.05, 0.1) is 52.0 Å². The number of H-pyrrole nitrogens is 1. The topological polar surface area (TPSA) is 146 Å². The van der Waals surface area contributed by atoms with Gasteiger partial charge in [-0.25, -0.2) is 14.6 Å². The summed E-state index contributed by atoms with van der Waals surface area (Å²) in [7, 11) is 2.54. The number of aryl methyl sites for hydroxylation is 1. The number of methoxy groups -OCH3 is 2. The minimum atomic E-state index is -1.14. The second-order valence-electron chi connectivity index (χ2n) is 7.19.